The van der Waals surface area contributed by atoms with E-state index in [-0.39, 0.29) is 18.2 Å². The maximum absolute atomic E-state index is 13.3. The highest BCUT2D eigenvalue weighted by molar-refractivity contribution is 5.97. The predicted molar refractivity (Wildman–Crippen MR) is 132 cm³/mol. The SMILES string of the molecule is CCOc1ccc(NC(CC(=O)c2ccc(OC)c(OC)c2)c2ccc(OC)c(OC)c2)cc1. The Kier molecular flexibility index (Phi) is 8.62. The number of benzene rings is 3. The Morgan fingerprint density at radius 1 is 0.765 bits per heavy atom. The van der Waals surface area contributed by atoms with E-state index in [0.717, 1.165) is 17.0 Å². The molecule has 0 heterocycles. The van der Waals surface area contributed by atoms with Crippen molar-refractivity contribution in [3.63, 3.8) is 0 Å². The number of nitrogens with one attached hydrogen (secondary N) is 1. The number of carbonyl (C=O) groups is 1. The number of methoxy groups -OCH3 is 4. The molecule has 3 aromatic carbocycles. The van der Waals surface area contributed by atoms with Gasteiger partial charge in [-0.1, -0.05) is 6.07 Å². The molecule has 7 heteroatoms. The van der Waals surface area contributed by atoms with Crippen molar-refractivity contribution in [2.75, 3.05) is 40.4 Å². The Balaban J connectivity index is 1.92. The average molecular weight is 466 g/mol. The van der Waals surface area contributed by atoms with E-state index in [2.05, 4.69) is 5.32 Å². The fraction of sp³-hybridized carbons (Fsp3) is 0.296. The standard InChI is InChI=1S/C27H31NO6/c1-6-34-21-11-9-20(10-12-21)28-22(18-7-13-24(30-2)26(15-18)32-4)17-23(29)19-8-14-25(31-3)27(16-19)33-5/h7-16,22,28H,6,17H2,1-5H3. The molecular formula is C27H31NO6. The third-order valence-electron chi connectivity index (χ3n) is 5.41. The van der Waals surface area contributed by atoms with E-state index in [1.165, 1.54) is 0 Å². The lowest BCUT2D eigenvalue weighted by molar-refractivity contribution is 0.0976. The van der Waals surface area contributed by atoms with Crippen LogP contribution in [0.1, 0.15) is 35.3 Å². The predicted octanol–water partition coefficient (Wildman–Crippen LogP) is 5.55. The number of Topliss-reactive ketones (excluding diaryl/α,β-unsaturated/α-hetero) is 1. The number of rotatable bonds is 12. The summed E-state index contributed by atoms with van der Waals surface area (Å²) in [5.41, 5.74) is 2.29. The molecular weight excluding hydrogens is 434 g/mol. The van der Waals surface area contributed by atoms with Crippen LogP contribution in [0.4, 0.5) is 5.69 Å². The number of hydrogen-bond donors (Lipinski definition) is 1. The van der Waals surface area contributed by atoms with E-state index >= 15 is 0 Å². The van der Waals surface area contributed by atoms with Crippen LogP contribution in [0.15, 0.2) is 60.7 Å². The van der Waals surface area contributed by atoms with Crippen molar-refractivity contribution in [3.05, 3.63) is 71.8 Å². The summed E-state index contributed by atoms with van der Waals surface area (Å²) < 4.78 is 27.0. The zero-order valence-electron chi connectivity index (χ0n) is 20.2. The van der Waals surface area contributed by atoms with Gasteiger partial charge in [0.1, 0.15) is 5.75 Å². The second kappa shape index (κ2) is 11.8. The van der Waals surface area contributed by atoms with Crippen molar-refractivity contribution in [1.82, 2.24) is 0 Å². The summed E-state index contributed by atoms with van der Waals surface area (Å²) >= 11 is 0. The minimum Gasteiger partial charge on any atom is -0.494 e. The van der Waals surface area contributed by atoms with Gasteiger partial charge in [-0.05, 0) is 67.1 Å². The van der Waals surface area contributed by atoms with Gasteiger partial charge in [0.15, 0.2) is 28.8 Å². The van der Waals surface area contributed by atoms with Gasteiger partial charge in [0.05, 0.1) is 41.1 Å². The first kappa shape index (κ1) is 24.8. The van der Waals surface area contributed by atoms with Crippen molar-refractivity contribution in [2.24, 2.45) is 0 Å². The summed E-state index contributed by atoms with van der Waals surface area (Å²) in [7, 11) is 6.29. The molecule has 0 fully saturated rings. The average Bonchev–Trinajstić information content (AvgIpc) is 2.88. The largest absolute Gasteiger partial charge is 0.494 e. The summed E-state index contributed by atoms with van der Waals surface area (Å²) in [6.45, 7) is 2.54. The molecule has 0 saturated carbocycles. The lowest BCUT2D eigenvalue weighted by atomic mass is 9.96. The molecule has 7 nitrogen and oxygen atoms in total. The summed E-state index contributed by atoms with van der Waals surface area (Å²) in [6, 6.07) is 18.1. The monoisotopic (exact) mass is 465 g/mol. The molecule has 0 bridgehead atoms. The van der Waals surface area contributed by atoms with E-state index in [9.17, 15) is 4.79 Å². The molecule has 1 N–H and O–H groups in total. The van der Waals surface area contributed by atoms with Crippen LogP contribution >= 0.6 is 0 Å². The Hall–Kier alpha value is -3.87. The molecule has 0 aliphatic heterocycles. The lowest BCUT2D eigenvalue weighted by Gasteiger charge is -2.22. The minimum absolute atomic E-state index is 0.0424. The fourth-order valence-corrected chi connectivity index (χ4v) is 3.65. The van der Waals surface area contributed by atoms with Gasteiger partial charge in [0.2, 0.25) is 0 Å². The Labute approximate surface area is 200 Å². The van der Waals surface area contributed by atoms with Crippen molar-refractivity contribution >= 4 is 11.5 Å². The van der Waals surface area contributed by atoms with E-state index in [1.807, 2.05) is 49.4 Å². The topological polar surface area (TPSA) is 75.3 Å². The first-order valence-electron chi connectivity index (χ1n) is 11.0. The van der Waals surface area contributed by atoms with Gasteiger partial charge in [0, 0.05) is 17.7 Å². The molecule has 0 radical (unpaired) electrons. The third-order valence-corrected chi connectivity index (χ3v) is 5.41. The maximum atomic E-state index is 13.3. The van der Waals surface area contributed by atoms with E-state index in [1.54, 1.807) is 46.6 Å². The fourth-order valence-electron chi connectivity index (χ4n) is 3.65. The lowest BCUT2D eigenvalue weighted by Crippen LogP contribution is -2.16. The molecule has 0 amide bonds. The minimum atomic E-state index is -0.321. The molecule has 3 aromatic rings. The highest BCUT2D eigenvalue weighted by atomic mass is 16.5. The first-order chi connectivity index (χ1) is 16.5. The van der Waals surface area contributed by atoms with Gasteiger partial charge in [-0.25, -0.2) is 0 Å². The summed E-state index contributed by atoms with van der Waals surface area (Å²) in [4.78, 5) is 13.3. The quantitative estimate of drug-likeness (QED) is 0.352. The van der Waals surface area contributed by atoms with Crippen LogP contribution in [-0.4, -0.2) is 40.8 Å². The molecule has 0 saturated heterocycles. The summed E-state index contributed by atoms with van der Waals surface area (Å²) in [6.07, 6.45) is 0.207. The number of ketones is 1. The Morgan fingerprint density at radius 2 is 1.35 bits per heavy atom. The molecule has 0 aromatic heterocycles. The van der Waals surface area contributed by atoms with Crippen molar-refractivity contribution in [1.29, 1.82) is 0 Å². The molecule has 1 atom stereocenters. The molecule has 0 aliphatic rings. The van der Waals surface area contributed by atoms with Crippen LogP contribution < -0.4 is 29.0 Å². The van der Waals surface area contributed by atoms with Gasteiger partial charge in [-0.3, -0.25) is 4.79 Å². The highest BCUT2D eigenvalue weighted by Gasteiger charge is 2.20. The van der Waals surface area contributed by atoms with Gasteiger partial charge in [-0.15, -0.1) is 0 Å². The second-order valence-electron chi connectivity index (χ2n) is 7.47. The molecule has 3 rings (SSSR count). The number of ether oxygens (including phenoxy) is 5. The van der Waals surface area contributed by atoms with Crippen LogP contribution in [0.2, 0.25) is 0 Å². The van der Waals surface area contributed by atoms with E-state index in [0.29, 0.717) is 35.2 Å². The molecule has 180 valence electrons. The zero-order chi connectivity index (χ0) is 24.5. The number of anilines is 1. The second-order valence-corrected chi connectivity index (χ2v) is 7.47. The van der Waals surface area contributed by atoms with Crippen LogP contribution in [-0.2, 0) is 0 Å². The Bertz CT molecular complexity index is 1100. The van der Waals surface area contributed by atoms with E-state index in [4.69, 9.17) is 23.7 Å². The normalized spacial score (nSPS) is 11.3. The first-order valence-corrected chi connectivity index (χ1v) is 11.0. The molecule has 34 heavy (non-hydrogen) atoms. The van der Waals surface area contributed by atoms with Crippen LogP contribution in [0.25, 0.3) is 0 Å². The van der Waals surface area contributed by atoms with Crippen molar-refractivity contribution in [3.8, 4) is 28.7 Å². The molecule has 1 unspecified atom stereocenters. The highest BCUT2D eigenvalue weighted by Crippen LogP contribution is 2.34. The van der Waals surface area contributed by atoms with E-state index < -0.39 is 0 Å². The molecule has 0 aliphatic carbocycles. The van der Waals surface area contributed by atoms with Gasteiger partial charge in [0.25, 0.3) is 0 Å². The van der Waals surface area contributed by atoms with Gasteiger partial charge in [-0.2, -0.15) is 0 Å². The van der Waals surface area contributed by atoms with Crippen molar-refractivity contribution < 1.29 is 28.5 Å². The van der Waals surface area contributed by atoms with Gasteiger partial charge < -0.3 is 29.0 Å². The maximum Gasteiger partial charge on any atom is 0.165 e. The number of carbonyl (C=O) groups excluding carboxylic acids is 1. The Morgan fingerprint density at radius 3 is 1.94 bits per heavy atom. The number of hydrogen-bond acceptors (Lipinski definition) is 7. The summed E-state index contributed by atoms with van der Waals surface area (Å²) in [5.74, 6) is 3.05. The summed E-state index contributed by atoms with van der Waals surface area (Å²) in [5, 5.41) is 3.48. The smallest absolute Gasteiger partial charge is 0.165 e. The van der Waals surface area contributed by atoms with Crippen LogP contribution in [0.5, 0.6) is 28.7 Å². The van der Waals surface area contributed by atoms with Crippen molar-refractivity contribution in [2.45, 2.75) is 19.4 Å². The third kappa shape index (κ3) is 5.92. The van der Waals surface area contributed by atoms with Gasteiger partial charge >= 0.3 is 0 Å². The molecule has 0 spiro atoms. The van der Waals surface area contributed by atoms with Crippen LogP contribution in [0.3, 0.4) is 0 Å². The zero-order valence-corrected chi connectivity index (χ0v) is 20.2. The van der Waals surface area contributed by atoms with Crippen LogP contribution in [0, 0.1) is 0 Å².